The minimum atomic E-state index is -3.30. The lowest BCUT2D eigenvalue weighted by Crippen LogP contribution is -2.20. The van der Waals surface area contributed by atoms with E-state index in [4.69, 9.17) is 0 Å². The van der Waals surface area contributed by atoms with Crippen LogP contribution in [0.5, 0.6) is 0 Å². The smallest absolute Gasteiger partial charge is 0.273 e. The van der Waals surface area contributed by atoms with Gasteiger partial charge in [-0.2, -0.15) is 8.42 Å². The first-order valence-corrected chi connectivity index (χ1v) is 4.05. The van der Waals surface area contributed by atoms with Crippen molar-refractivity contribution in [1.82, 2.24) is 0 Å². The highest BCUT2D eigenvalue weighted by molar-refractivity contribution is 7.86. The number of nitrogens with zero attached hydrogens (tertiary/aromatic N) is 1. The van der Waals surface area contributed by atoms with Gasteiger partial charge < -0.3 is 0 Å². The Hall–Kier alpha value is -0.420. The highest BCUT2D eigenvalue weighted by Crippen LogP contribution is 2.00. The number of hydrogen-bond acceptors (Lipinski definition) is 4. The second kappa shape index (κ2) is 2.07. The van der Waals surface area contributed by atoms with Crippen molar-refractivity contribution in [2.24, 2.45) is 4.99 Å². The van der Waals surface area contributed by atoms with Crippen LogP contribution in [0.4, 0.5) is 0 Å². The maximum atomic E-state index is 10.5. The normalized spacial score (nSPS) is 25.2. The van der Waals surface area contributed by atoms with Crippen LogP contribution in [0, 0.1) is 0 Å². The fourth-order valence-electron chi connectivity index (χ4n) is 0.447. The van der Waals surface area contributed by atoms with E-state index in [-0.39, 0.29) is 12.5 Å². The van der Waals surface area contributed by atoms with E-state index in [1.807, 2.05) is 0 Å². The standard InChI is InChI=1S/C4H7NO3S/c1-4-2-8-9(6,7)3-5-4/h2-3H2,1H3. The van der Waals surface area contributed by atoms with E-state index in [1.54, 1.807) is 6.92 Å². The van der Waals surface area contributed by atoms with Crippen LogP contribution in [-0.4, -0.2) is 26.6 Å². The molecule has 0 saturated carbocycles. The van der Waals surface area contributed by atoms with Crippen LogP contribution in [0.25, 0.3) is 0 Å². The molecule has 0 amide bonds. The van der Waals surface area contributed by atoms with E-state index in [2.05, 4.69) is 9.18 Å². The molecule has 0 fully saturated rings. The van der Waals surface area contributed by atoms with E-state index in [1.165, 1.54) is 0 Å². The molecule has 1 aliphatic heterocycles. The molecule has 0 bridgehead atoms. The zero-order valence-corrected chi connectivity index (χ0v) is 5.81. The van der Waals surface area contributed by atoms with Gasteiger partial charge in [0.2, 0.25) is 0 Å². The SMILES string of the molecule is CC1=NCS(=O)(=O)OC1. The molecule has 0 saturated heterocycles. The molecule has 0 aromatic rings. The molecular formula is C4H7NO3S. The summed E-state index contributed by atoms with van der Waals surface area (Å²) in [5.74, 6) is -0.223. The zero-order valence-electron chi connectivity index (χ0n) is 4.99. The van der Waals surface area contributed by atoms with Crippen molar-refractivity contribution in [1.29, 1.82) is 0 Å². The van der Waals surface area contributed by atoms with Crippen LogP contribution in [0.2, 0.25) is 0 Å². The van der Waals surface area contributed by atoms with Gasteiger partial charge in [-0.15, -0.1) is 0 Å². The lowest BCUT2D eigenvalue weighted by Gasteiger charge is -2.08. The number of rotatable bonds is 0. The maximum absolute atomic E-state index is 10.5. The molecule has 0 spiro atoms. The van der Waals surface area contributed by atoms with E-state index in [0.29, 0.717) is 0 Å². The molecular weight excluding hydrogens is 142 g/mol. The minimum absolute atomic E-state index is 0.113. The molecule has 0 unspecified atom stereocenters. The van der Waals surface area contributed by atoms with Crippen LogP contribution in [0.1, 0.15) is 6.92 Å². The first kappa shape index (κ1) is 6.70. The monoisotopic (exact) mass is 149 g/mol. The molecule has 0 aromatic heterocycles. The maximum Gasteiger partial charge on any atom is 0.288 e. The first-order valence-electron chi connectivity index (χ1n) is 2.47. The summed E-state index contributed by atoms with van der Waals surface area (Å²) in [6, 6.07) is 0. The van der Waals surface area contributed by atoms with Gasteiger partial charge in [0.1, 0.15) is 6.61 Å². The molecule has 1 aliphatic rings. The quantitative estimate of drug-likeness (QED) is 0.447. The van der Waals surface area contributed by atoms with E-state index >= 15 is 0 Å². The van der Waals surface area contributed by atoms with Gasteiger partial charge in [-0.05, 0) is 6.92 Å². The summed E-state index contributed by atoms with van der Waals surface area (Å²) in [7, 11) is -3.30. The van der Waals surface area contributed by atoms with Crippen LogP contribution in [0.3, 0.4) is 0 Å². The first-order chi connectivity index (χ1) is 4.10. The van der Waals surface area contributed by atoms with Gasteiger partial charge >= 0.3 is 0 Å². The Labute approximate surface area is 53.7 Å². The van der Waals surface area contributed by atoms with Gasteiger partial charge in [-0.1, -0.05) is 0 Å². The van der Waals surface area contributed by atoms with E-state index in [9.17, 15) is 8.42 Å². The van der Waals surface area contributed by atoms with Crippen molar-refractivity contribution in [2.45, 2.75) is 6.92 Å². The second-order valence-corrected chi connectivity index (χ2v) is 3.45. The molecule has 9 heavy (non-hydrogen) atoms. The Bertz CT molecular complexity index is 228. The van der Waals surface area contributed by atoms with Crippen LogP contribution >= 0.6 is 0 Å². The molecule has 4 nitrogen and oxygen atoms in total. The predicted octanol–water partition coefficient (Wildman–Crippen LogP) is -0.235. The van der Waals surface area contributed by atoms with E-state index < -0.39 is 10.1 Å². The molecule has 0 aromatic carbocycles. The second-order valence-electron chi connectivity index (χ2n) is 1.84. The zero-order chi connectivity index (χ0) is 6.91. The lowest BCUT2D eigenvalue weighted by atomic mass is 10.5. The van der Waals surface area contributed by atoms with Gasteiger partial charge in [-0.25, -0.2) is 0 Å². The average molecular weight is 149 g/mol. The van der Waals surface area contributed by atoms with Gasteiger partial charge in [0.15, 0.2) is 5.88 Å². The summed E-state index contributed by atoms with van der Waals surface area (Å²) in [5.41, 5.74) is 0.727. The molecule has 0 aliphatic carbocycles. The van der Waals surface area contributed by atoms with E-state index in [0.717, 1.165) is 5.71 Å². The third-order valence-corrected chi connectivity index (χ3v) is 1.86. The predicted molar refractivity (Wildman–Crippen MR) is 32.8 cm³/mol. The molecule has 0 atom stereocenters. The molecule has 0 radical (unpaired) electrons. The van der Waals surface area contributed by atoms with Crippen molar-refractivity contribution < 1.29 is 12.6 Å². The van der Waals surface area contributed by atoms with Gasteiger partial charge in [0, 0.05) is 5.71 Å². The highest BCUT2D eigenvalue weighted by Gasteiger charge is 2.14. The van der Waals surface area contributed by atoms with Crippen molar-refractivity contribution in [2.75, 3.05) is 12.5 Å². The number of hydrogen-bond donors (Lipinski definition) is 0. The largest absolute Gasteiger partial charge is 0.288 e. The van der Waals surface area contributed by atoms with Crippen molar-refractivity contribution in [3.8, 4) is 0 Å². The van der Waals surface area contributed by atoms with Crippen molar-refractivity contribution >= 4 is 15.8 Å². The summed E-state index contributed by atoms with van der Waals surface area (Å²) < 4.78 is 25.4. The Morgan fingerprint density at radius 2 is 2.33 bits per heavy atom. The van der Waals surface area contributed by atoms with Gasteiger partial charge in [-0.3, -0.25) is 9.18 Å². The molecule has 1 heterocycles. The van der Waals surface area contributed by atoms with Gasteiger partial charge in [0.05, 0.1) is 0 Å². The lowest BCUT2D eigenvalue weighted by molar-refractivity contribution is 0.361. The van der Waals surface area contributed by atoms with Crippen LogP contribution in [0.15, 0.2) is 4.99 Å². The third kappa shape index (κ3) is 1.76. The van der Waals surface area contributed by atoms with Crippen molar-refractivity contribution in [3.05, 3.63) is 0 Å². The molecule has 0 N–H and O–H groups in total. The average Bonchev–Trinajstić information content (AvgIpc) is 1.78. The fraction of sp³-hybridized carbons (Fsp3) is 0.750. The Morgan fingerprint density at radius 3 is 2.67 bits per heavy atom. The Balaban J connectivity index is 2.79. The summed E-state index contributed by atoms with van der Waals surface area (Å²) in [5, 5.41) is 0. The number of aliphatic imine (C=N–C) groups is 1. The third-order valence-electron chi connectivity index (χ3n) is 0.940. The summed E-state index contributed by atoms with van der Waals surface area (Å²) in [4.78, 5) is 3.69. The Kier molecular flexibility index (Phi) is 1.54. The summed E-state index contributed by atoms with van der Waals surface area (Å²) in [6.07, 6.45) is 0. The summed E-state index contributed by atoms with van der Waals surface area (Å²) in [6.45, 7) is 1.84. The van der Waals surface area contributed by atoms with Crippen molar-refractivity contribution in [3.63, 3.8) is 0 Å². The van der Waals surface area contributed by atoms with Crippen LogP contribution in [-0.2, 0) is 14.3 Å². The minimum Gasteiger partial charge on any atom is -0.273 e. The topological polar surface area (TPSA) is 55.7 Å². The molecule has 52 valence electrons. The van der Waals surface area contributed by atoms with Gasteiger partial charge in [0.25, 0.3) is 10.1 Å². The fourth-order valence-corrected chi connectivity index (χ4v) is 1.25. The highest BCUT2D eigenvalue weighted by atomic mass is 32.2. The molecule has 5 heteroatoms. The van der Waals surface area contributed by atoms with Crippen LogP contribution < -0.4 is 0 Å². The molecule has 1 rings (SSSR count). The summed E-state index contributed by atoms with van der Waals surface area (Å²) >= 11 is 0. The Morgan fingerprint density at radius 1 is 1.67 bits per heavy atom.